The largest absolute Gasteiger partial charge is 0.391 e. The quantitative estimate of drug-likeness (QED) is 0.856. The number of benzene rings is 1. The van der Waals surface area contributed by atoms with Crippen LogP contribution in [0.15, 0.2) is 18.2 Å². The van der Waals surface area contributed by atoms with E-state index in [9.17, 15) is 9.50 Å². The van der Waals surface area contributed by atoms with Gasteiger partial charge in [-0.1, -0.05) is 31.9 Å². The SMILES string of the molecule is CCCC[C@H](O)[C@H](N)c1cccc(F)c1C.Cl. The van der Waals surface area contributed by atoms with E-state index < -0.39 is 12.1 Å². The summed E-state index contributed by atoms with van der Waals surface area (Å²) in [5, 5.41) is 9.87. The van der Waals surface area contributed by atoms with Crippen LogP contribution in [0, 0.1) is 12.7 Å². The van der Waals surface area contributed by atoms with Gasteiger partial charge < -0.3 is 10.8 Å². The molecule has 0 unspecified atom stereocenters. The lowest BCUT2D eigenvalue weighted by Crippen LogP contribution is -2.27. The van der Waals surface area contributed by atoms with Gasteiger partial charge in [-0.2, -0.15) is 0 Å². The fourth-order valence-corrected chi connectivity index (χ4v) is 1.79. The zero-order valence-electron chi connectivity index (χ0n) is 10.3. The minimum absolute atomic E-state index is 0. The van der Waals surface area contributed by atoms with Gasteiger partial charge >= 0.3 is 0 Å². The standard InChI is InChI=1S/C13H20FNO.ClH/c1-3-4-8-12(16)13(15)10-6-5-7-11(14)9(10)2;/h5-7,12-13,16H,3-4,8,15H2,1-2H3;1H/t12-,13+;/m0./s1. The maximum atomic E-state index is 13.3. The van der Waals surface area contributed by atoms with Crippen LogP contribution in [0.5, 0.6) is 0 Å². The first kappa shape index (κ1) is 16.4. The van der Waals surface area contributed by atoms with E-state index in [1.54, 1.807) is 19.1 Å². The van der Waals surface area contributed by atoms with E-state index in [1.165, 1.54) is 6.07 Å². The summed E-state index contributed by atoms with van der Waals surface area (Å²) in [5.74, 6) is -0.268. The molecular formula is C13H21ClFNO. The Labute approximate surface area is 108 Å². The van der Waals surface area contributed by atoms with Crippen molar-refractivity contribution in [3.05, 3.63) is 35.1 Å². The molecule has 1 aromatic rings. The minimum atomic E-state index is -0.597. The van der Waals surface area contributed by atoms with Crippen molar-refractivity contribution in [3.8, 4) is 0 Å². The molecule has 2 nitrogen and oxygen atoms in total. The fraction of sp³-hybridized carbons (Fsp3) is 0.538. The second-order valence-corrected chi connectivity index (χ2v) is 4.19. The van der Waals surface area contributed by atoms with E-state index in [-0.39, 0.29) is 18.2 Å². The lowest BCUT2D eigenvalue weighted by molar-refractivity contribution is 0.132. The summed E-state index contributed by atoms with van der Waals surface area (Å²) < 4.78 is 13.3. The summed E-state index contributed by atoms with van der Waals surface area (Å²) in [6.45, 7) is 3.75. The van der Waals surface area contributed by atoms with Crippen molar-refractivity contribution in [1.82, 2.24) is 0 Å². The molecule has 0 aliphatic heterocycles. The fourth-order valence-electron chi connectivity index (χ4n) is 1.79. The average molecular weight is 262 g/mol. The van der Waals surface area contributed by atoms with Gasteiger partial charge in [0.2, 0.25) is 0 Å². The molecule has 0 saturated carbocycles. The van der Waals surface area contributed by atoms with Crippen molar-refractivity contribution < 1.29 is 9.50 Å². The van der Waals surface area contributed by atoms with Crippen LogP contribution in [0.2, 0.25) is 0 Å². The summed E-state index contributed by atoms with van der Waals surface area (Å²) >= 11 is 0. The normalized spacial score (nSPS) is 13.9. The van der Waals surface area contributed by atoms with Gasteiger partial charge in [-0.15, -0.1) is 12.4 Å². The molecule has 17 heavy (non-hydrogen) atoms. The van der Waals surface area contributed by atoms with Gasteiger partial charge in [-0.3, -0.25) is 0 Å². The molecule has 1 aromatic carbocycles. The highest BCUT2D eigenvalue weighted by Crippen LogP contribution is 2.22. The van der Waals surface area contributed by atoms with Gasteiger partial charge in [0.15, 0.2) is 0 Å². The van der Waals surface area contributed by atoms with Gasteiger partial charge in [0.1, 0.15) is 5.82 Å². The molecular weight excluding hydrogens is 241 g/mol. The van der Waals surface area contributed by atoms with Crippen LogP contribution in [0.4, 0.5) is 4.39 Å². The van der Waals surface area contributed by atoms with Crippen LogP contribution < -0.4 is 5.73 Å². The maximum absolute atomic E-state index is 13.3. The summed E-state index contributed by atoms with van der Waals surface area (Å²) in [6, 6.07) is 4.31. The number of aliphatic hydroxyl groups is 1. The predicted octanol–water partition coefficient (Wildman–Crippen LogP) is 3.11. The Kier molecular flexibility index (Phi) is 7.35. The van der Waals surface area contributed by atoms with Gasteiger partial charge in [0.25, 0.3) is 0 Å². The third kappa shape index (κ3) is 4.26. The summed E-state index contributed by atoms with van der Waals surface area (Å²) in [7, 11) is 0. The van der Waals surface area contributed by atoms with Crippen molar-refractivity contribution in [2.45, 2.75) is 45.3 Å². The van der Waals surface area contributed by atoms with E-state index >= 15 is 0 Å². The number of aliphatic hydroxyl groups excluding tert-OH is 1. The molecule has 98 valence electrons. The molecule has 0 aliphatic rings. The van der Waals surface area contributed by atoms with Gasteiger partial charge in [0, 0.05) is 0 Å². The topological polar surface area (TPSA) is 46.2 Å². The molecule has 0 radical (unpaired) electrons. The molecule has 0 heterocycles. The third-order valence-electron chi connectivity index (χ3n) is 2.94. The molecule has 0 saturated heterocycles. The molecule has 0 bridgehead atoms. The molecule has 0 aromatic heterocycles. The zero-order chi connectivity index (χ0) is 12.1. The van der Waals surface area contributed by atoms with Crippen LogP contribution in [-0.4, -0.2) is 11.2 Å². The predicted molar refractivity (Wildman–Crippen MR) is 70.8 cm³/mol. The Morgan fingerprint density at radius 2 is 2.06 bits per heavy atom. The van der Waals surface area contributed by atoms with Crippen LogP contribution in [0.1, 0.15) is 43.4 Å². The second kappa shape index (κ2) is 7.64. The Morgan fingerprint density at radius 3 is 2.65 bits per heavy atom. The monoisotopic (exact) mass is 261 g/mol. The number of nitrogens with two attached hydrogens (primary N) is 1. The third-order valence-corrected chi connectivity index (χ3v) is 2.94. The van der Waals surface area contributed by atoms with E-state index in [2.05, 4.69) is 6.92 Å². The molecule has 1 rings (SSSR count). The van der Waals surface area contributed by atoms with Crippen molar-refractivity contribution >= 4 is 12.4 Å². The molecule has 4 heteroatoms. The zero-order valence-corrected chi connectivity index (χ0v) is 11.1. The Balaban J connectivity index is 0.00000256. The molecule has 0 amide bonds. The highest BCUT2D eigenvalue weighted by Gasteiger charge is 2.19. The lowest BCUT2D eigenvalue weighted by Gasteiger charge is -2.20. The molecule has 0 fully saturated rings. The highest BCUT2D eigenvalue weighted by atomic mass is 35.5. The Bertz CT molecular complexity index is 346. The lowest BCUT2D eigenvalue weighted by atomic mass is 9.95. The first-order valence-corrected chi connectivity index (χ1v) is 5.76. The number of unbranched alkanes of at least 4 members (excludes halogenated alkanes) is 1. The van der Waals surface area contributed by atoms with Crippen molar-refractivity contribution in [2.24, 2.45) is 5.73 Å². The molecule has 0 aliphatic carbocycles. The number of halogens is 2. The van der Waals surface area contributed by atoms with Gasteiger partial charge in [0.05, 0.1) is 12.1 Å². The minimum Gasteiger partial charge on any atom is -0.391 e. The summed E-state index contributed by atoms with van der Waals surface area (Å²) in [5.41, 5.74) is 7.16. The molecule has 0 spiro atoms. The molecule has 2 atom stereocenters. The highest BCUT2D eigenvalue weighted by molar-refractivity contribution is 5.85. The van der Waals surface area contributed by atoms with Crippen molar-refractivity contribution in [3.63, 3.8) is 0 Å². The molecule has 3 N–H and O–H groups in total. The van der Waals surface area contributed by atoms with Crippen LogP contribution in [0.25, 0.3) is 0 Å². The maximum Gasteiger partial charge on any atom is 0.126 e. The first-order chi connectivity index (χ1) is 7.57. The number of hydrogen-bond donors (Lipinski definition) is 2. The van der Waals surface area contributed by atoms with E-state index in [1.807, 2.05) is 0 Å². The Hall–Kier alpha value is -0.640. The van der Waals surface area contributed by atoms with Crippen LogP contribution in [-0.2, 0) is 0 Å². The van der Waals surface area contributed by atoms with Crippen molar-refractivity contribution in [1.29, 1.82) is 0 Å². The van der Waals surface area contributed by atoms with E-state index in [0.717, 1.165) is 12.8 Å². The number of rotatable bonds is 5. The van der Waals surface area contributed by atoms with E-state index in [0.29, 0.717) is 17.5 Å². The smallest absolute Gasteiger partial charge is 0.126 e. The summed E-state index contributed by atoms with van der Waals surface area (Å²) in [4.78, 5) is 0. The van der Waals surface area contributed by atoms with Gasteiger partial charge in [-0.05, 0) is 30.5 Å². The first-order valence-electron chi connectivity index (χ1n) is 5.76. The second-order valence-electron chi connectivity index (χ2n) is 4.19. The Morgan fingerprint density at radius 1 is 1.41 bits per heavy atom. The average Bonchev–Trinajstić information content (AvgIpc) is 2.28. The van der Waals surface area contributed by atoms with Gasteiger partial charge in [-0.25, -0.2) is 4.39 Å². The summed E-state index contributed by atoms with van der Waals surface area (Å²) in [6.07, 6.45) is 2.02. The number of hydrogen-bond acceptors (Lipinski definition) is 2. The van der Waals surface area contributed by atoms with Crippen LogP contribution in [0.3, 0.4) is 0 Å². The van der Waals surface area contributed by atoms with E-state index in [4.69, 9.17) is 5.73 Å². The van der Waals surface area contributed by atoms with Crippen molar-refractivity contribution in [2.75, 3.05) is 0 Å². The van der Waals surface area contributed by atoms with Crippen LogP contribution >= 0.6 is 12.4 Å².